The van der Waals surface area contributed by atoms with E-state index >= 15 is 0 Å². The van der Waals surface area contributed by atoms with E-state index in [1.54, 1.807) is 0 Å². The summed E-state index contributed by atoms with van der Waals surface area (Å²) in [7, 11) is -27.0. The van der Waals surface area contributed by atoms with Crippen LogP contribution in [0.25, 0.3) is 21.5 Å². The largest absolute Gasteiger partial charge is 0.505 e. The summed E-state index contributed by atoms with van der Waals surface area (Å²) < 4.78 is 191. The lowest BCUT2D eigenvalue weighted by Gasteiger charge is -2.15. The molecule has 0 atom stereocenters. The molecule has 45 heteroatoms. The van der Waals surface area contributed by atoms with Gasteiger partial charge in [-0.05, 0) is 79.6 Å². The van der Waals surface area contributed by atoms with E-state index in [0.717, 1.165) is 36.4 Å². The molecule has 88 heavy (non-hydrogen) atoms. The Balaban J connectivity index is 1.37. The van der Waals surface area contributed by atoms with E-state index in [1.165, 1.54) is 19.1 Å². The number of carbonyl (C=O) groups is 1. The highest BCUT2D eigenvalue weighted by atomic mass is 32.2. The van der Waals surface area contributed by atoms with Gasteiger partial charge in [0.25, 0.3) is 56.3 Å². The summed E-state index contributed by atoms with van der Waals surface area (Å²) in [4.78, 5) is 15.8. The van der Waals surface area contributed by atoms with E-state index in [4.69, 9.17) is 21.0 Å². The number of nitro groups is 1. The molecule has 0 spiro atoms. The number of azo groups is 4. The van der Waals surface area contributed by atoms with Gasteiger partial charge in [-0.3, -0.25) is 32.9 Å². The molecule has 7 aromatic carbocycles. The lowest BCUT2D eigenvalue weighted by Crippen LogP contribution is -2.03. The second-order valence-corrected chi connectivity index (χ2v) is 25.4. The highest BCUT2D eigenvalue weighted by Gasteiger charge is 2.30. The molecule has 0 aliphatic carbocycles. The fourth-order valence-electron chi connectivity index (χ4n) is 7.62. The molecule has 0 aliphatic heterocycles. The van der Waals surface area contributed by atoms with Gasteiger partial charge in [0, 0.05) is 52.2 Å². The summed E-state index contributed by atoms with van der Waals surface area (Å²) >= 11 is 0.611. The van der Waals surface area contributed by atoms with Gasteiger partial charge >= 0.3 is 5.97 Å². The number of nitro benzene ring substituents is 1. The fraction of sp³-hybridized carbons (Fsp3) is 0.0930. The summed E-state index contributed by atoms with van der Waals surface area (Å²) in [5, 5.41) is 96.1. The number of phenols is 2. The zero-order valence-electron chi connectivity index (χ0n) is 42.9. The second kappa shape index (κ2) is 26.5. The number of hydrogen-bond donors (Lipinski definition) is 11. The molecule has 7 aromatic rings. The van der Waals surface area contributed by atoms with Gasteiger partial charge in [0.05, 0.1) is 55.7 Å². The van der Waals surface area contributed by atoms with Gasteiger partial charge in [0.2, 0.25) is 0 Å². The van der Waals surface area contributed by atoms with E-state index in [1.807, 2.05) is 0 Å². The van der Waals surface area contributed by atoms with Gasteiger partial charge in [0.1, 0.15) is 65.1 Å². The van der Waals surface area contributed by atoms with Crippen LogP contribution in [0.5, 0.6) is 17.2 Å². The average molecular weight is 1360 g/mol. The first-order valence-electron chi connectivity index (χ1n) is 22.7. The molecule has 12 N–H and O–H groups in total. The third-order valence-corrected chi connectivity index (χ3v) is 17.1. The molecule has 0 saturated heterocycles. The molecule has 0 unspecified atom stereocenters. The third kappa shape index (κ3) is 15.3. The summed E-state index contributed by atoms with van der Waals surface area (Å²) in [5.41, 5.74) is -1.23. The van der Waals surface area contributed by atoms with Crippen LogP contribution >= 0.6 is 24.1 Å². The number of carboxylic acid groups (broad SMARTS) is 1. The quantitative estimate of drug-likeness (QED) is 0.00370. The Morgan fingerprint density at radius 3 is 1.80 bits per heavy atom. The molecular formula is C43H34N10O28S7. The number of benzene rings is 7. The van der Waals surface area contributed by atoms with Gasteiger partial charge in [-0.2, -0.15) is 47.2 Å². The molecule has 0 amide bonds. The number of hydrogen-bond acceptors (Lipinski definition) is 33. The number of anilines is 1. The maximum absolute atomic E-state index is 13.2. The highest BCUT2D eigenvalue weighted by Crippen LogP contribution is 2.51. The number of fused-ring (bicyclic) bond motifs is 2. The Morgan fingerprint density at radius 1 is 0.591 bits per heavy atom. The second-order valence-electron chi connectivity index (χ2n) is 17.0. The summed E-state index contributed by atoms with van der Waals surface area (Å²) in [6.45, 7) is 1.21. The van der Waals surface area contributed by atoms with Crippen LogP contribution < -0.4 is 10.5 Å². The van der Waals surface area contributed by atoms with E-state index in [0.29, 0.717) is 42.4 Å². The third-order valence-electron chi connectivity index (χ3n) is 11.4. The van der Waals surface area contributed by atoms with Crippen molar-refractivity contribution in [2.24, 2.45) is 40.9 Å². The predicted molar refractivity (Wildman–Crippen MR) is 297 cm³/mol. The number of nitrogens with two attached hydrogens (primary N) is 1. The van der Waals surface area contributed by atoms with E-state index in [9.17, 15) is 95.1 Å². The number of ether oxygens (including phenoxy) is 1. The minimum Gasteiger partial charge on any atom is -0.505 e. The molecule has 0 bridgehead atoms. The predicted octanol–water partition coefficient (Wildman–Crippen LogP) is 10.1. The molecule has 0 aliphatic rings. The summed E-state index contributed by atoms with van der Waals surface area (Å²) in [5.74, 6) is -4.26. The van der Waals surface area contributed by atoms with Crippen molar-refractivity contribution in [3.8, 4) is 17.2 Å². The lowest BCUT2D eigenvalue weighted by molar-refractivity contribution is -0.432. The minimum atomic E-state index is -5.71. The van der Waals surface area contributed by atoms with Crippen molar-refractivity contribution in [3.63, 3.8) is 0 Å². The van der Waals surface area contributed by atoms with Crippen molar-refractivity contribution < 1.29 is 124 Å². The number of phenolic OH excluding ortho intramolecular Hbond substituents is 2. The summed E-state index contributed by atoms with van der Waals surface area (Å²) in [6, 6.07) is 9.83. The van der Waals surface area contributed by atoms with Gasteiger partial charge in [-0.1, -0.05) is 10.1 Å². The Morgan fingerprint density at radius 2 is 1.18 bits per heavy atom. The van der Waals surface area contributed by atoms with Crippen LogP contribution in [0.4, 0.5) is 56.9 Å². The molecule has 38 nitrogen and oxygen atoms in total. The first kappa shape index (κ1) is 67.1. The van der Waals surface area contributed by atoms with E-state index in [-0.39, 0.29) is 59.2 Å². The standard InChI is InChI=1S/C43H34N10O28S7/c1-18-11-29(31(77-9-2-10-82-80-78-60)16-28(18)48-45-25-7-4-20(84(62,63)64)13-23(25)43(56)57)49-52-39-35(87(71,72)73)15-22-21(40(39)54)5-8-27(42(22)88(74,75)76)47-50-30-17-33(85(65,66)67)24-14-32(83-81-79-61)38(41(55)36(24)37(30)44)51-46-26-6-3-19(53(58)59)12-34(26)86(68,69)70/h3-8,11-17,54-55,60-61H,2,9-10,44H2,1H3,(H,56,57)(H,62,63,64)(H,65,66,67)(H,68,69,70)(H,71,72,73)(H,74,75,76). The number of aromatic hydroxyl groups is 2. The summed E-state index contributed by atoms with van der Waals surface area (Å²) in [6.07, 6.45) is 0.147. The van der Waals surface area contributed by atoms with E-state index in [2.05, 4.69) is 59.7 Å². The molecule has 0 aromatic heterocycles. The number of nitrogen functional groups attached to an aromatic ring is 1. The zero-order chi connectivity index (χ0) is 65.0. The molecule has 0 heterocycles. The lowest BCUT2D eigenvalue weighted by atomic mass is 10.0. The van der Waals surface area contributed by atoms with Crippen molar-refractivity contribution in [2.75, 3.05) is 18.1 Å². The van der Waals surface area contributed by atoms with Crippen molar-refractivity contribution in [1.82, 2.24) is 0 Å². The molecular weight excluding hydrogens is 1330 g/mol. The minimum absolute atomic E-state index is 0.0342. The van der Waals surface area contributed by atoms with Gasteiger partial charge in [-0.15, -0.1) is 44.5 Å². The Labute approximate surface area is 499 Å². The van der Waals surface area contributed by atoms with Crippen molar-refractivity contribution >= 4 is 159 Å². The van der Waals surface area contributed by atoms with Crippen LogP contribution in [0.2, 0.25) is 0 Å². The molecule has 7 rings (SSSR count). The first-order chi connectivity index (χ1) is 41.1. The monoisotopic (exact) mass is 1360 g/mol. The number of nitrogens with zero attached hydrogens (tertiary/aromatic N) is 9. The number of carboxylic acids is 1. The normalized spacial score (nSPS) is 12.9. The SMILES string of the molecule is Cc1cc(N=Nc2c(S(=O)(=O)O)cc3c(S(=O)(=O)O)c(N=Nc4cc(S(=O)(=O)O)c5cc(SOOO)c(N=Nc6ccc([N+](=O)[O-])cc6S(=O)(=O)O)c(O)c5c4N)ccc3c2O)c(OCCCSOOO)cc1N=Nc1ccc(S(=O)(=O)O)cc1C(=O)O. The van der Waals surface area contributed by atoms with Gasteiger partial charge in [0.15, 0.2) is 11.5 Å². The van der Waals surface area contributed by atoms with Crippen LogP contribution in [0.1, 0.15) is 22.3 Å². The van der Waals surface area contributed by atoms with Crippen LogP contribution in [0.3, 0.4) is 0 Å². The van der Waals surface area contributed by atoms with Gasteiger partial charge < -0.3 is 25.8 Å². The van der Waals surface area contributed by atoms with Crippen molar-refractivity contribution in [1.29, 1.82) is 0 Å². The Kier molecular flexibility index (Phi) is 20.2. The number of aromatic carboxylic acids is 1. The molecule has 466 valence electrons. The van der Waals surface area contributed by atoms with Crippen LogP contribution in [-0.4, -0.2) is 114 Å². The van der Waals surface area contributed by atoms with Crippen LogP contribution in [0, 0.1) is 17.0 Å². The van der Waals surface area contributed by atoms with Crippen LogP contribution in [0.15, 0.2) is 149 Å². The number of aryl methyl sites for hydroxylation is 1. The number of non-ortho nitro benzene ring substituents is 1. The molecule has 0 radical (unpaired) electrons. The fourth-order valence-corrected chi connectivity index (χ4v) is 11.8. The van der Waals surface area contributed by atoms with Crippen molar-refractivity contribution in [3.05, 3.63) is 100 Å². The maximum Gasteiger partial charge on any atom is 0.338 e. The first-order valence-corrected chi connectivity index (χ1v) is 31.6. The Bertz CT molecular complexity index is 4770. The zero-order valence-corrected chi connectivity index (χ0v) is 48.6. The van der Waals surface area contributed by atoms with E-state index < -0.39 is 169 Å². The Hall–Kier alpha value is -8.46. The maximum atomic E-state index is 13.2. The average Bonchev–Trinajstić information content (AvgIpc) is 0.767. The van der Waals surface area contributed by atoms with Crippen LogP contribution in [-0.2, 0) is 69.3 Å². The highest BCUT2D eigenvalue weighted by molar-refractivity contribution is 7.95. The van der Waals surface area contributed by atoms with Gasteiger partial charge in [-0.25, -0.2) is 15.3 Å². The number of rotatable bonds is 25. The topological polar surface area (TPSA) is 604 Å². The molecule has 0 saturated carbocycles. The molecule has 0 fully saturated rings. The smallest absolute Gasteiger partial charge is 0.338 e. The van der Waals surface area contributed by atoms with Crippen molar-refractivity contribution in [2.45, 2.75) is 42.7 Å².